The van der Waals surface area contributed by atoms with Crippen molar-refractivity contribution in [3.63, 3.8) is 0 Å². The van der Waals surface area contributed by atoms with Crippen molar-refractivity contribution in [2.75, 3.05) is 26.2 Å². The fourth-order valence-electron chi connectivity index (χ4n) is 4.64. The Balaban J connectivity index is 0.000000821. The van der Waals surface area contributed by atoms with Crippen molar-refractivity contribution in [3.8, 4) is 0 Å². The van der Waals surface area contributed by atoms with Gasteiger partial charge in [0.2, 0.25) is 7.29 Å². The Hall–Kier alpha value is -2.45. The topological polar surface area (TPSA) is 32.3 Å². The van der Waals surface area contributed by atoms with Gasteiger partial charge in [-0.25, -0.2) is 0 Å². The average Bonchev–Trinajstić information content (AvgIpc) is 3.37. The first-order chi connectivity index (χ1) is 16.2. The van der Waals surface area contributed by atoms with Crippen LogP contribution in [-0.4, -0.2) is 31.1 Å². The summed E-state index contributed by atoms with van der Waals surface area (Å²) in [6, 6.07) is 28.8. The highest BCUT2D eigenvalue weighted by Gasteiger charge is 2.30. The number of fused-ring (bicyclic) bond motifs is 2. The third-order valence-electron chi connectivity index (χ3n) is 6.17. The number of nitrogens with one attached hydrogen (secondary N) is 1. The van der Waals surface area contributed by atoms with Crippen LogP contribution in [0, 0.1) is 0 Å². The first-order valence-electron chi connectivity index (χ1n) is 12.2. The fraction of sp³-hybridized carbons (Fsp3) is 0.310. The Labute approximate surface area is 198 Å². The number of likely N-dealkylation sites (tertiary alicyclic amines) is 1. The molecule has 1 N–H and O–H groups in total. The van der Waals surface area contributed by atoms with E-state index in [4.69, 9.17) is 0 Å². The molecule has 0 spiro atoms. The van der Waals surface area contributed by atoms with Gasteiger partial charge in [0.1, 0.15) is 0 Å². The van der Waals surface area contributed by atoms with Crippen LogP contribution in [0.25, 0.3) is 21.5 Å². The average molecular weight is 459 g/mol. The van der Waals surface area contributed by atoms with Gasteiger partial charge in [0.05, 0.1) is 0 Å². The number of hydrogen-bond donors (Lipinski definition) is 1. The van der Waals surface area contributed by atoms with Crippen LogP contribution >= 0.6 is 7.29 Å². The molecule has 172 valence electrons. The third kappa shape index (κ3) is 5.22. The zero-order valence-corrected chi connectivity index (χ0v) is 20.7. The smallest absolute Gasteiger partial charge is 0.205 e. The van der Waals surface area contributed by atoms with E-state index in [-0.39, 0.29) is 0 Å². The molecule has 3 nitrogen and oxygen atoms in total. The number of hydrogen-bond acceptors (Lipinski definition) is 2. The zero-order chi connectivity index (χ0) is 23.1. The van der Waals surface area contributed by atoms with E-state index in [9.17, 15) is 4.57 Å². The van der Waals surface area contributed by atoms with Gasteiger partial charge in [0.15, 0.2) is 0 Å². The van der Waals surface area contributed by atoms with Gasteiger partial charge in [0, 0.05) is 23.7 Å². The van der Waals surface area contributed by atoms with E-state index in [1.165, 1.54) is 19.3 Å². The van der Waals surface area contributed by atoms with Crippen molar-refractivity contribution in [1.82, 2.24) is 9.99 Å². The molecule has 1 aliphatic rings. The Morgan fingerprint density at radius 3 is 1.70 bits per heavy atom. The van der Waals surface area contributed by atoms with Crippen LogP contribution in [0.5, 0.6) is 0 Å². The molecule has 5 rings (SSSR count). The number of rotatable bonds is 6. The van der Waals surface area contributed by atoms with Gasteiger partial charge in [0.25, 0.3) is 0 Å². The SMILES string of the molecule is CCC.O=P(NCCN1CCCC1)(c1cccc2ccccc12)c1cccc2ccccc12. The Morgan fingerprint density at radius 2 is 1.18 bits per heavy atom. The molecule has 0 atom stereocenters. The fourth-order valence-corrected chi connectivity index (χ4v) is 7.33. The first-order valence-corrected chi connectivity index (χ1v) is 13.9. The molecule has 0 bridgehead atoms. The second-order valence-corrected chi connectivity index (χ2v) is 11.3. The second-order valence-electron chi connectivity index (χ2n) is 8.77. The summed E-state index contributed by atoms with van der Waals surface area (Å²) < 4.78 is 14.9. The predicted molar refractivity (Wildman–Crippen MR) is 144 cm³/mol. The van der Waals surface area contributed by atoms with E-state index in [1.54, 1.807) is 0 Å². The number of benzene rings is 4. The van der Waals surface area contributed by atoms with E-state index in [1.807, 2.05) is 48.5 Å². The second kappa shape index (κ2) is 11.1. The van der Waals surface area contributed by atoms with Gasteiger partial charge in [-0.3, -0.25) is 9.65 Å². The van der Waals surface area contributed by atoms with Gasteiger partial charge in [-0.15, -0.1) is 0 Å². The van der Waals surface area contributed by atoms with Crippen LogP contribution in [0.15, 0.2) is 84.9 Å². The highest BCUT2D eigenvalue weighted by atomic mass is 31.2. The highest BCUT2D eigenvalue weighted by Crippen LogP contribution is 2.43. The van der Waals surface area contributed by atoms with Gasteiger partial charge < -0.3 is 4.90 Å². The zero-order valence-electron chi connectivity index (χ0n) is 19.8. The van der Waals surface area contributed by atoms with Gasteiger partial charge in [-0.2, -0.15) is 0 Å². The molecule has 1 saturated heterocycles. The molecular formula is C29H35N2OP. The molecular weight excluding hydrogens is 423 g/mol. The lowest BCUT2D eigenvalue weighted by Gasteiger charge is -2.25. The van der Waals surface area contributed by atoms with Crippen molar-refractivity contribution < 1.29 is 4.57 Å². The van der Waals surface area contributed by atoms with Crippen molar-refractivity contribution in [2.24, 2.45) is 0 Å². The van der Waals surface area contributed by atoms with Crippen LogP contribution in [0.3, 0.4) is 0 Å². The number of nitrogens with zero attached hydrogens (tertiary/aromatic N) is 1. The summed E-state index contributed by atoms with van der Waals surface area (Å²) in [7, 11) is -3.05. The Kier molecular flexibility index (Phi) is 7.98. The lowest BCUT2D eigenvalue weighted by molar-refractivity contribution is 0.344. The molecule has 1 aliphatic heterocycles. The van der Waals surface area contributed by atoms with Crippen LogP contribution in [0.1, 0.15) is 33.1 Å². The van der Waals surface area contributed by atoms with Gasteiger partial charge >= 0.3 is 0 Å². The Bertz CT molecular complexity index is 1150. The summed E-state index contributed by atoms with van der Waals surface area (Å²) in [5.41, 5.74) is 0. The maximum absolute atomic E-state index is 14.9. The molecule has 0 amide bonds. The van der Waals surface area contributed by atoms with Crippen LogP contribution < -0.4 is 15.7 Å². The molecule has 33 heavy (non-hydrogen) atoms. The summed E-state index contributed by atoms with van der Waals surface area (Å²) in [6.45, 7) is 8.19. The summed E-state index contributed by atoms with van der Waals surface area (Å²) in [5, 5.41) is 9.72. The van der Waals surface area contributed by atoms with E-state index >= 15 is 0 Å². The molecule has 0 unspecified atom stereocenters. The minimum atomic E-state index is -3.05. The van der Waals surface area contributed by atoms with Gasteiger partial charge in [-0.05, 0) is 59.6 Å². The van der Waals surface area contributed by atoms with Crippen molar-refractivity contribution in [3.05, 3.63) is 84.9 Å². The van der Waals surface area contributed by atoms with Crippen LogP contribution in [0.4, 0.5) is 0 Å². The molecule has 0 saturated carbocycles. The van der Waals surface area contributed by atoms with E-state index in [2.05, 4.69) is 60.2 Å². The maximum atomic E-state index is 14.9. The largest absolute Gasteiger partial charge is 0.302 e. The predicted octanol–water partition coefficient (Wildman–Crippen LogP) is 6.32. The molecule has 4 heteroatoms. The lowest BCUT2D eigenvalue weighted by atomic mass is 10.1. The van der Waals surface area contributed by atoms with Crippen LogP contribution in [-0.2, 0) is 4.57 Å². The maximum Gasteiger partial charge on any atom is 0.205 e. The standard InChI is InChI=1S/C26H27N2OP.C3H8/c29-30(27-17-20-28-18-5-6-19-28,25-15-7-11-21-9-1-3-13-23(21)25)26-16-8-12-22-10-2-4-14-24(22)26;1-3-2/h1-4,7-16H,5-6,17-20H2,(H,27,29);3H2,1-2H3. The Morgan fingerprint density at radius 1 is 0.727 bits per heavy atom. The molecule has 1 fully saturated rings. The first kappa shape index (κ1) is 23.7. The molecule has 4 aromatic carbocycles. The minimum absolute atomic E-state index is 0.712. The van der Waals surface area contributed by atoms with E-state index in [0.29, 0.717) is 6.54 Å². The summed E-state index contributed by atoms with van der Waals surface area (Å²) in [5.74, 6) is 0. The molecule has 0 aromatic heterocycles. The summed E-state index contributed by atoms with van der Waals surface area (Å²) in [6.07, 6.45) is 3.79. The van der Waals surface area contributed by atoms with Gasteiger partial charge in [-0.1, -0.05) is 93.1 Å². The van der Waals surface area contributed by atoms with Crippen molar-refractivity contribution >= 4 is 39.4 Å². The highest BCUT2D eigenvalue weighted by molar-refractivity contribution is 7.77. The molecule has 0 radical (unpaired) electrons. The lowest BCUT2D eigenvalue weighted by Crippen LogP contribution is -2.34. The monoisotopic (exact) mass is 458 g/mol. The van der Waals surface area contributed by atoms with Crippen molar-refractivity contribution in [2.45, 2.75) is 33.1 Å². The third-order valence-corrected chi connectivity index (χ3v) is 8.98. The van der Waals surface area contributed by atoms with Crippen molar-refractivity contribution in [1.29, 1.82) is 0 Å². The molecule has 1 heterocycles. The summed E-state index contributed by atoms with van der Waals surface area (Å²) >= 11 is 0. The minimum Gasteiger partial charge on any atom is -0.302 e. The molecule has 0 aliphatic carbocycles. The van der Waals surface area contributed by atoms with E-state index < -0.39 is 7.29 Å². The normalized spacial score (nSPS) is 14.4. The molecule has 4 aromatic rings. The van der Waals surface area contributed by atoms with Crippen LogP contribution in [0.2, 0.25) is 0 Å². The summed E-state index contributed by atoms with van der Waals surface area (Å²) in [4.78, 5) is 2.46. The van der Waals surface area contributed by atoms with E-state index in [0.717, 1.165) is 51.8 Å². The quantitative estimate of drug-likeness (QED) is 0.343.